The normalized spacial score (nSPS) is 47.1. The average molecular weight is 318 g/mol. The van der Waals surface area contributed by atoms with Crippen LogP contribution in [0.15, 0.2) is 23.8 Å². The van der Waals surface area contributed by atoms with Gasteiger partial charge in [-0.05, 0) is 45.4 Å². The zero-order chi connectivity index (χ0) is 12.8. The Morgan fingerprint density at radius 2 is 2.12 bits per heavy atom. The molecule has 0 nitrogen and oxygen atoms in total. The summed E-state index contributed by atoms with van der Waals surface area (Å²) in [6.07, 6.45) is 6.87. The van der Waals surface area contributed by atoms with E-state index in [1.807, 2.05) is 0 Å². The summed E-state index contributed by atoms with van der Waals surface area (Å²) in [5.74, 6) is 0.609. The standard InChI is InChI=1S/C15H22BrCl/c1-10-5-6-11(2)15(12(10)3)8-7-14(4,17)13(16)9-15/h6,10,13H,3,5,7-9H2,1-2,4H3/t10-,13-,14+,15-/m1/s1. The van der Waals surface area contributed by atoms with Gasteiger partial charge in [-0.25, -0.2) is 0 Å². The second-order valence-corrected chi connectivity index (χ2v) is 8.05. The Labute approximate surface area is 119 Å². The fraction of sp³-hybridized carbons (Fsp3) is 0.733. The van der Waals surface area contributed by atoms with E-state index in [4.69, 9.17) is 11.6 Å². The first-order chi connectivity index (χ1) is 7.79. The van der Waals surface area contributed by atoms with Crippen LogP contribution in [-0.2, 0) is 0 Å². The molecule has 0 unspecified atom stereocenters. The van der Waals surface area contributed by atoms with Crippen LogP contribution in [0, 0.1) is 11.3 Å². The van der Waals surface area contributed by atoms with Crippen molar-refractivity contribution in [2.45, 2.75) is 56.2 Å². The molecule has 0 bridgehead atoms. The monoisotopic (exact) mass is 316 g/mol. The van der Waals surface area contributed by atoms with Gasteiger partial charge in [0.05, 0.1) is 4.87 Å². The summed E-state index contributed by atoms with van der Waals surface area (Å²) < 4.78 is 0. The summed E-state index contributed by atoms with van der Waals surface area (Å²) in [4.78, 5) is 0.266. The molecule has 1 fully saturated rings. The molecule has 0 aromatic rings. The summed E-state index contributed by atoms with van der Waals surface area (Å²) in [6, 6.07) is 0. The molecule has 2 rings (SSSR count). The van der Waals surface area contributed by atoms with Crippen LogP contribution in [0.25, 0.3) is 0 Å². The molecule has 2 aliphatic carbocycles. The van der Waals surface area contributed by atoms with Gasteiger partial charge >= 0.3 is 0 Å². The van der Waals surface area contributed by atoms with Crippen LogP contribution in [0.5, 0.6) is 0 Å². The van der Waals surface area contributed by atoms with Crippen molar-refractivity contribution in [3.8, 4) is 0 Å². The summed E-state index contributed by atoms with van der Waals surface area (Å²) in [5, 5.41) is 0. The SMILES string of the molecule is C=C1[C@H](C)CC=C(C)[C@]12CC[C@](C)(Cl)[C@H](Br)C2. The van der Waals surface area contributed by atoms with Crippen LogP contribution >= 0.6 is 27.5 Å². The van der Waals surface area contributed by atoms with Crippen molar-refractivity contribution in [1.82, 2.24) is 0 Å². The van der Waals surface area contributed by atoms with Crippen LogP contribution in [0.1, 0.15) is 46.5 Å². The number of halogens is 2. The van der Waals surface area contributed by atoms with Crippen LogP contribution in [0.2, 0.25) is 0 Å². The largest absolute Gasteiger partial charge is 0.118 e. The lowest BCUT2D eigenvalue weighted by atomic mass is 9.58. The second-order valence-electron chi connectivity index (χ2n) is 6.08. The summed E-state index contributed by atoms with van der Waals surface area (Å²) in [5.41, 5.74) is 3.14. The first-order valence-corrected chi connectivity index (χ1v) is 7.78. The third kappa shape index (κ3) is 2.14. The van der Waals surface area contributed by atoms with Gasteiger partial charge in [-0.3, -0.25) is 0 Å². The lowest BCUT2D eigenvalue weighted by Gasteiger charge is -2.50. The molecule has 2 aliphatic rings. The Kier molecular flexibility index (Phi) is 3.55. The van der Waals surface area contributed by atoms with E-state index in [2.05, 4.69) is 49.4 Å². The summed E-state index contributed by atoms with van der Waals surface area (Å²) in [7, 11) is 0. The maximum atomic E-state index is 6.56. The van der Waals surface area contributed by atoms with Crippen molar-refractivity contribution in [2.24, 2.45) is 11.3 Å². The van der Waals surface area contributed by atoms with Gasteiger partial charge in [0, 0.05) is 10.2 Å². The second kappa shape index (κ2) is 4.42. The molecule has 0 aromatic carbocycles. The van der Waals surface area contributed by atoms with E-state index < -0.39 is 0 Å². The lowest BCUT2D eigenvalue weighted by molar-refractivity contribution is 0.237. The fourth-order valence-corrected chi connectivity index (χ4v) is 4.25. The first-order valence-electron chi connectivity index (χ1n) is 6.49. The molecule has 1 spiro atoms. The number of rotatable bonds is 0. The summed E-state index contributed by atoms with van der Waals surface area (Å²) in [6.45, 7) is 11.1. The van der Waals surface area contributed by atoms with Crippen molar-refractivity contribution in [3.05, 3.63) is 23.8 Å². The van der Waals surface area contributed by atoms with Crippen LogP contribution in [-0.4, -0.2) is 9.70 Å². The molecule has 4 atom stereocenters. The van der Waals surface area contributed by atoms with E-state index in [9.17, 15) is 0 Å². The van der Waals surface area contributed by atoms with Gasteiger partial charge in [-0.15, -0.1) is 11.6 Å². The van der Waals surface area contributed by atoms with E-state index in [0.29, 0.717) is 10.7 Å². The van der Waals surface area contributed by atoms with Crippen molar-refractivity contribution in [2.75, 3.05) is 0 Å². The molecule has 0 heterocycles. The predicted molar refractivity (Wildman–Crippen MR) is 79.9 cm³/mol. The van der Waals surface area contributed by atoms with E-state index in [1.165, 1.54) is 11.1 Å². The topological polar surface area (TPSA) is 0 Å². The van der Waals surface area contributed by atoms with Gasteiger partial charge in [-0.1, -0.05) is 46.7 Å². The maximum Gasteiger partial charge on any atom is 0.0544 e. The maximum absolute atomic E-state index is 6.56. The minimum atomic E-state index is -0.105. The van der Waals surface area contributed by atoms with Crippen LogP contribution < -0.4 is 0 Å². The van der Waals surface area contributed by atoms with Crippen molar-refractivity contribution >= 4 is 27.5 Å². The van der Waals surface area contributed by atoms with Gasteiger partial charge in [0.25, 0.3) is 0 Å². The smallest absolute Gasteiger partial charge is 0.0544 e. The average Bonchev–Trinajstić information content (AvgIpc) is 2.26. The molecule has 17 heavy (non-hydrogen) atoms. The number of alkyl halides is 2. The summed E-state index contributed by atoms with van der Waals surface area (Å²) >= 11 is 10.4. The molecule has 1 saturated carbocycles. The molecule has 96 valence electrons. The molecule has 0 N–H and O–H groups in total. The minimum absolute atomic E-state index is 0.105. The van der Waals surface area contributed by atoms with Crippen molar-refractivity contribution in [3.63, 3.8) is 0 Å². The van der Waals surface area contributed by atoms with Gasteiger partial charge in [0.2, 0.25) is 0 Å². The molecular formula is C15H22BrCl. The third-order valence-electron chi connectivity index (χ3n) is 4.96. The van der Waals surface area contributed by atoms with E-state index in [0.717, 1.165) is 25.7 Å². The van der Waals surface area contributed by atoms with Gasteiger partial charge in [0.15, 0.2) is 0 Å². The quantitative estimate of drug-likeness (QED) is 0.411. The Hall–Kier alpha value is 0.250. The van der Waals surface area contributed by atoms with Crippen LogP contribution in [0.4, 0.5) is 0 Å². The molecule has 0 aliphatic heterocycles. The third-order valence-corrected chi connectivity index (χ3v) is 7.01. The highest BCUT2D eigenvalue weighted by Gasteiger charge is 2.48. The van der Waals surface area contributed by atoms with E-state index >= 15 is 0 Å². The van der Waals surface area contributed by atoms with E-state index in [1.54, 1.807) is 0 Å². The highest BCUT2D eigenvalue weighted by molar-refractivity contribution is 9.09. The number of hydrogen-bond donors (Lipinski definition) is 0. The van der Waals surface area contributed by atoms with Gasteiger partial charge in [-0.2, -0.15) is 0 Å². The highest BCUT2D eigenvalue weighted by Crippen LogP contribution is 2.57. The number of allylic oxidation sites excluding steroid dienone is 3. The molecule has 0 aromatic heterocycles. The molecule has 0 amide bonds. The predicted octanol–water partition coefficient (Wildman–Crippen LogP) is 5.46. The Bertz CT molecular complexity index is 369. The fourth-order valence-electron chi connectivity index (χ4n) is 3.30. The molecular weight excluding hydrogens is 296 g/mol. The van der Waals surface area contributed by atoms with Crippen molar-refractivity contribution < 1.29 is 0 Å². The highest BCUT2D eigenvalue weighted by atomic mass is 79.9. The van der Waals surface area contributed by atoms with Crippen LogP contribution in [0.3, 0.4) is 0 Å². The Balaban J connectivity index is 2.34. The Morgan fingerprint density at radius 1 is 1.47 bits per heavy atom. The Morgan fingerprint density at radius 3 is 2.71 bits per heavy atom. The number of hydrogen-bond acceptors (Lipinski definition) is 0. The zero-order valence-corrected chi connectivity index (χ0v) is 13.4. The minimum Gasteiger partial charge on any atom is -0.118 e. The van der Waals surface area contributed by atoms with Crippen molar-refractivity contribution in [1.29, 1.82) is 0 Å². The zero-order valence-electron chi connectivity index (χ0n) is 11.0. The van der Waals surface area contributed by atoms with E-state index in [-0.39, 0.29) is 10.3 Å². The van der Waals surface area contributed by atoms with Gasteiger partial charge < -0.3 is 0 Å². The first kappa shape index (κ1) is 13.7. The van der Waals surface area contributed by atoms with Gasteiger partial charge in [0.1, 0.15) is 0 Å². The molecule has 0 radical (unpaired) electrons. The lowest BCUT2D eigenvalue weighted by Crippen LogP contribution is -2.45. The molecule has 0 saturated heterocycles. The molecule has 2 heteroatoms.